The summed E-state index contributed by atoms with van der Waals surface area (Å²) in [5.41, 5.74) is 17.7. The van der Waals surface area contributed by atoms with Gasteiger partial charge in [-0.15, -0.1) is 0 Å². The van der Waals surface area contributed by atoms with Crippen molar-refractivity contribution in [2.24, 2.45) is 0 Å². The first-order chi connectivity index (χ1) is 21.9. The molecule has 0 saturated carbocycles. The van der Waals surface area contributed by atoms with Crippen molar-refractivity contribution in [3.63, 3.8) is 0 Å². The lowest BCUT2D eigenvalue weighted by Crippen LogP contribution is -2.20. The van der Waals surface area contributed by atoms with E-state index in [1.54, 1.807) is 0 Å². The largest absolute Gasteiger partial charge is 0.309 e. The molecular formula is C45H45N. The first-order valence-electron chi connectivity index (χ1n) is 16.6. The molecule has 0 fully saturated rings. The van der Waals surface area contributed by atoms with E-state index in [1.807, 2.05) is 0 Å². The van der Waals surface area contributed by atoms with Gasteiger partial charge < -0.3 is 4.90 Å². The van der Waals surface area contributed by atoms with E-state index in [0.717, 1.165) is 12.0 Å². The molecule has 0 spiro atoms. The van der Waals surface area contributed by atoms with Crippen LogP contribution in [0.25, 0.3) is 16.3 Å². The Bertz CT molecular complexity index is 2080. The molecule has 0 amide bonds. The molecule has 2 aliphatic carbocycles. The zero-order valence-corrected chi connectivity index (χ0v) is 28.7. The Hall–Kier alpha value is -4.62. The second-order valence-electron chi connectivity index (χ2n) is 14.6. The third-order valence-corrected chi connectivity index (χ3v) is 10.7. The molecular weight excluding hydrogens is 555 g/mol. The zero-order chi connectivity index (χ0) is 32.5. The van der Waals surface area contributed by atoms with Crippen molar-refractivity contribution < 1.29 is 0 Å². The molecule has 0 unspecified atom stereocenters. The van der Waals surface area contributed by atoms with E-state index >= 15 is 0 Å². The Balaban J connectivity index is 1.55. The maximum atomic E-state index is 4.72. The highest BCUT2D eigenvalue weighted by Gasteiger charge is 2.41. The van der Waals surface area contributed by atoms with Crippen LogP contribution in [0.2, 0.25) is 0 Å². The summed E-state index contributed by atoms with van der Waals surface area (Å²) in [5, 5.41) is 2.55. The van der Waals surface area contributed by atoms with Gasteiger partial charge in [-0.25, -0.2) is 0 Å². The first-order valence-corrected chi connectivity index (χ1v) is 16.6. The number of aryl methyl sites for hydroxylation is 4. The van der Waals surface area contributed by atoms with Gasteiger partial charge in [-0.3, -0.25) is 0 Å². The molecule has 0 N–H and O–H groups in total. The van der Waals surface area contributed by atoms with Crippen LogP contribution in [0.5, 0.6) is 0 Å². The summed E-state index contributed by atoms with van der Waals surface area (Å²) in [5.74, 6) is 0. The van der Waals surface area contributed by atoms with Crippen molar-refractivity contribution in [3.05, 3.63) is 165 Å². The minimum absolute atomic E-state index is 0.182. The molecule has 1 nitrogen and oxygen atoms in total. The van der Waals surface area contributed by atoms with Crippen LogP contribution in [0.1, 0.15) is 72.2 Å². The number of benzene rings is 5. The topological polar surface area (TPSA) is 3.24 Å². The van der Waals surface area contributed by atoms with Gasteiger partial charge in [-0.1, -0.05) is 130 Å². The quantitative estimate of drug-likeness (QED) is 0.199. The van der Waals surface area contributed by atoms with Gasteiger partial charge in [-0.05, 0) is 108 Å². The van der Waals surface area contributed by atoms with E-state index in [0.29, 0.717) is 0 Å². The molecule has 0 bridgehead atoms. The van der Waals surface area contributed by atoms with E-state index in [4.69, 9.17) is 6.58 Å². The van der Waals surface area contributed by atoms with Gasteiger partial charge in [0, 0.05) is 27.6 Å². The van der Waals surface area contributed by atoms with E-state index in [-0.39, 0.29) is 10.8 Å². The molecule has 230 valence electrons. The van der Waals surface area contributed by atoms with E-state index < -0.39 is 0 Å². The van der Waals surface area contributed by atoms with Crippen LogP contribution in [0.15, 0.2) is 121 Å². The Labute approximate surface area is 275 Å². The summed E-state index contributed by atoms with van der Waals surface area (Å²) in [6.07, 6.45) is 5.80. The van der Waals surface area contributed by atoms with Gasteiger partial charge in [0.15, 0.2) is 0 Å². The Kier molecular flexibility index (Phi) is 7.01. The molecule has 0 heterocycles. The monoisotopic (exact) mass is 599 g/mol. The molecule has 0 radical (unpaired) electrons. The molecule has 5 aromatic rings. The molecule has 0 atom stereocenters. The van der Waals surface area contributed by atoms with Crippen molar-refractivity contribution in [2.45, 2.75) is 72.6 Å². The fraction of sp³-hybridized carbons (Fsp3) is 0.244. The predicted molar refractivity (Wildman–Crippen MR) is 199 cm³/mol. The average Bonchev–Trinajstić information content (AvgIpc) is 3.24. The number of nitrogens with zero attached hydrogens (tertiary/aromatic N) is 1. The van der Waals surface area contributed by atoms with Gasteiger partial charge in [0.2, 0.25) is 0 Å². The SMILES string of the molecule is C=C1C=C2/C(=C\Cc3ccccc3C1(C)C)C(C)(C)c1cc(N(c3ccc(C)cc3C)c3ccc(C)cc3C)c3ccccc3c12. The number of allylic oxidation sites excluding steroid dienone is 5. The number of anilines is 3. The third kappa shape index (κ3) is 4.59. The smallest absolute Gasteiger partial charge is 0.0543 e. The second-order valence-corrected chi connectivity index (χ2v) is 14.6. The van der Waals surface area contributed by atoms with Gasteiger partial charge in [-0.2, -0.15) is 0 Å². The van der Waals surface area contributed by atoms with Crippen molar-refractivity contribution in [1.29, 1.82) is 0 Å². The van der Waals surface area contributed by atoms with E-state index in [2.05, 4.69) is 163 Å². The molecule has 2 aliphatic rings. The molecule has 1 heteroatoms. The van der Waals surface area contributed by atoms with E-state index in [9.17, 15) is 0 Å². The van der Waals surface area contributed by atoms with Crippen LogP contribution in [-0.2, 0) is 17.3 Å². The molecule has 46 heavy (non-hydrogen) atoms. The fourth-order valence-corrected chi connectivity index (χ4v) is 8.01. The molecule has 0 saturated heterocycles. The maximum Gasteiger partial charge on any atom is 0.0543 e. The fourth-order valence-electron chi connectivity index (χ4n) is 8.01. The highest BCUT2D eigenvalue weighted by Crippen LogP contribution is 2.56. The summed E-state index contributed by atoms with van der Waals surface area (Å²) in [6.45, 7) is 23.0. The number of hydrogen-bond acceptors (Lipinski definition) is 1. The Morgan fingerprint density at radius 3 is 1.83 bits per heavy atom. The number of hydrogen-bond donors (Lipinski definition) is 0. The van der Waals surface area contributed by atoms with E-state index in [1.165, 1.54) is 83.5 Å². The zero-order valence-electron chi connectivity index (χ0n) is 28.7. The van der Waals surface area contributed by atoms with Gasteiger partial charge in [0.05, 0.1) is 5.69 Å². The Morgan fingerprint density at radius 2 is 1.20 bits per heavy atom. The van der Waals surface area contributed by atoms with Crippen LogP contribution in [-0.4, -0.2) is 0 Å². The molecule has 0 aromatic heterocycles. The third-order valence-electron chi connectivity index (χ3n) is 10.7. The Morgan fingerprint density at radius 1 is 0.609 bits per heavy atom. The molecule has 5 aromatic carbocycles. The lowest BCUT2D eigenvalue weighted by molar-refractivity contribution is 0.635. The number of rotatable bonds is 3. The highest BCUT2D eigenvalue weighted by molar-refractivity contribution is 6.10. The van der Waals surface area contributed by atoms with Gasteiger partial charge in [0.1, 0.15) is 0 Å². The van der Waals surface area contributed by atoms with Crippen molar-refractivity contribution in [3.8, 4) is 0 Å². The first kappa shape index (κ1) is 30.1. The van der Waals surface area contributed by atoms with Crippen LogP contribution in [0.3, 0.4) is 0 Å². The van der Waals surface area contributed by atoms with Gasteiger partial charge in [0.25, 0.3) is 0 Å². The minimum atomic E-state index is -0.194. The molecule has 0 aliphatic heterocycles. The van der Waals surface area contributed by atoms with Crippen molar-refractivity contribution in [2.75, 3.05) is 4.90 Å². The van der Waals surface area contributed by atoms with Crippen LogP contribution >= 0.6 is 0 Å². The minimum Gasteiger partial charge on any atom is -0.309 e. The van der Waals surface area contributed by atoms with Crippen LogP contribution in [0, 0.1) is 27.7 Å². The van der Waals surface area contributed by atoms with Crippen molar-refractivity contribution >= 4 is 33.4 Å². The second kappa shape index (κ2) is 10.7. The lowest BCUT2D eigenvalue weighted by Gasteiger charge is -2.32. The van der Waals surface area contributed by atoms with Gasteiger partial charge >= 0.3 is 0 Å². The normalized spacial score (nSPS) is 17.5. The molecule has 7 rings (SSSR count). The summed E-state index contributed by atoms with van der Waals surface area (Å²) in [4.78, 5) is 2.51. The lowest BCUT2D eigenvalue weighted by atomic mass is 9.75. The summed E-state index contributed by atoms with van der Waals surface area (Å²) in [6, 6.07) is 34.1. The highest BCUT2D eigenvalue weighted by atomic mass is 15.1. The predicted octanol–water partition coefficient (Wildman–Crippen LogP) is 12.2. The summed E-state index contributed by atoms with van der Waals surface area (Å²) < 4.78 is 0. The maximum absolute atomic E-state index is 4.72. The average molecular weight is 600 g/mol. The summed E-state index contributed by atoms with van der Waals surface area (Å²) in [7, 11) is 0. The van der Waals surface area contributed by atoms with Crippen molar-refractivity contribution in [1.82, 2.24) is 0 Å². The number of fused-ring (bicyclic) bond motifs is 6. The van der Waals surface area contributed by atoms with Crippen LogP contribution in [0.4, 0.5) is 17.1 Å². The standard InChI is InChI=1S/C45H45N/c1-28-18-22-40(30(3)24-28)46(41-23-19-29(2)25-31(41)4)42-27-39-43(35-16-12-11-15-34(35)42)36-26-32(5)44(6,7)37-17-13-10-14-33(37)20-21-38(36)45(39,8)9/h10-19,21-27H,5,20H2,1-4,6-9H3/b36-26?,38-21+. The van der Waals surface area contributed by atoms with Crippen LogP contribution < -0.4 is 4.90 Å². The summed E-state index contributed by atoms with van der Waals surface area (Å²) >= 11 is 0.